The molecule has 0 heterocycles. The number of rotatable bonds is 9. The molecule has 1 N–H and O–H groups in total. The van der Waals surface area contributed by atoms with E-state index >= 15 is 0 Å². The molecule has 2 rings (SSSR count). The zero-order valence-electron chi connectivity index (χ0n) is 16.0. The number of ether oxygens (including phenoxy) is 1. The van der Waals surface area contributed by atoms with Crippen molar-refractivity contribution in [2.45, 2.75) is 39.0 Å². The molecule has 0 bridgehead atoms. The number of carbonyl (C=O) groups is 3. The second-order valence-electron chi connectivity index (χ2n) is 6.54. The first-order chi connectivity index (χ1) is 13.4. The normalized spacial score (nSPS) is 11.5. The Morgan fingerprint density at radius 1 is 1.04 bits per heavy atom. The summed E-state index contributed by atoms with van der Waals surface area (Å²) >= 11 is 0. The molecule has 0 spiro atoms. The fourth-order valence-corrected chi connectivity index (χ4v) is 2.66. The van der Waals surface area contributed by atoms with Crippen molar-refractivity contribution in [3.63, 3.8) is 0 Å². The molecule has 0 unspecified atom stereocenters. The third kappa shape index (κ3) is 6.30. The Labute approximate surface area is 163 Å². The van der Waals surface area contributed by atoms with Gasteiger partial charge in [-0.05, 0) is 48.2 Å². The number of hydrogen-bond donors (Lipinski definition) is 1. The minimum atomic E-state index is -0.638. The summed E-state index contributed by atoms with van der Waals surface area (Å²) in [5.74, 6) is -1.51. The molecule has 0 aliphatic rings. The van der Waals surface area contributed by atoms with E-state index in [1.165, 1.54) is 24.3 Å². The van der Waals surface area contributed by atoms with Crippen LogP contribution in [0.1, 0.15) is 54.9 Å². The van der Waals surface area contributed by atoms with Crippen LogP contribution in [-0.2, 0) is 14.3 Å². The number of Topliss-reactive ketones (excluding diaryl/α,β-unsaturated/α-hetero) is 1. The number of benzene rings is 2. The lowest BCUT2D eigenvalue weighted by Gasteiger charge is -2.15. The lowest BCUT2D eigenvalue weighted by atomic mass is 9.97. The highest BCUT2D eigenvalue weighted by Crippen LogP contribution is 2.26. The zero-order chi connectivity index (χ0) is 20.5. The van der Waals surface area contributed by atoms with Crippen LogP contribution in [0.4, 0.5) is 10.1 Å². The highest BCUT2D eigenvalue weighted by atomic mass is 19.1. The van der Waals surface area contributed by atoms with Crippen molar-refractivity contribution in [2.24, 2.45) is 0 Å². The highest BCUT2D eigenvalue weighted by molar-refractivity contribution is 5.98. The van der Waals surface area contributed by atoms with E-state index < -0.39 is 24.3 Å². The van der Waals surface area contributed by atoms with Crippen LogP contribution in [0.5, 0.6) is 0 Å². The summed E-state index contributed by atoms with van der Waals surface area (Å²) < 4.78 is 17.8. The first kappa shape index (κ1) is 21.3. The quantitative estimate of drug-likeness (QED) is 0.510. The third-order valence-electron chi connectivity index (χ3n) is 4.46. The Morgan fingerprint density at radius 2 is 1.71 bits per heavy atom. The molecule has 2 aromatic rings. The maximum absolute atomic E-state index is 12.9. The summed E-state index contributed by atoms with van der Waals surface area (Å²) in [4.78, 5) is 35.8. The van der Waals surface area contributed by atoms with Crippen molar-refractivity contribution >= 4 is 23.3 Å². The number of para-hydroxylation sites is 1. The molecule has 1 atom stereocenters. The van der Waals surface area contributed by atoms with E-state index in [-0.39, 0.29) is 24.5 Å². The molecule has 0 aliphatic carbocycles. The van der Waals surface area contributed by atoms with Crippen molar-refractivity contribution in [1.29, 1.82) is 0 Å². The van der Waals surface area contributed by atoms with Crippen LogP contribution in [0.15, 0.2) is 48.5 Å². The first-order valence-corrected chi connectivity index (χ1v) is 9.23. The molecule has 1 amide bonds. The van der Waals surface area contributed by atoms with E-state index in [1.54, 1.807) is 0 Å². The molecule has 0 saturated heterocycles. The van der Waals surface area contributed by atoms with Gasteiger partial charge < -0.3 is 10.1 Å². The largest absolute Gasteiger partial charge is 0.456 e. The monoisotopic (exact) mass is 385 g/mol. The number of ketones is 1. The Hall–Kier alpha value is -3.02. The van der Waals surface area contributed by atoms with Crippen molar-refractivity contribution in [3.8, 4) is 0 Å². The molecule has 5 nitrogen and oxygen atoms in total. The molecular formula is C22H24FNO4. The summed E-state index contributed by atoms with van der Waals surface area (Å²) in [6.45, 7) is 3.72. The Balaban J connectivity index is 1.79. The van der Waals surface area contributed by atoms with Gasteiger partial charge in [0.1, 0.15) is 5.82 Å². The molecule has 6 heteroatoms. The molecule has 148 valence electrons. The number of nitrogens with one attached hydrogen (secondary N) is 1. The maximum atomic E-state index is 12.9. The number of carbonyl (C=O) groups excluding carboxylic acids is 3. The van der Waals surface area contributed by atoms with Crippen LogP contribution in [0.3, 0.4) is 0 Å². The van der Waals surface area contributed by atoms with Crippen LogP contribution in [0.2, 0.25) is 0 Å². The molecule has 0 aliphatic heterocycles. The second-order valence-corrected chi connectivity index (χ2v) is 6.54. The van der Waals surface area contributed by atoms with E-state index in [2.05, 4.69) is 19.2 Å². The first-order valence-electron chi connectivity index (χ1n) is 9.23. The molecule has 0 aromatic heterocycles. The summed E-state index contributed by atoms with van der Waals surface area (Å²) in [6.07, 6.45) is 0.722. The fourth-order valence-electron chi connectivity index (χ4n) is 2.66. The summed E-state index contributed by atoms with van der Waals surface area (Å²) in [5.41, 5.74) is 2.05. The molecule has 0 saturated carbocycles. The average Bonchev–Trinajstić information content (AvgIpc) is 2.70. The van der Waals surface area contributed by atoms with Gasteiger partial charge in [0.15, 0.2) is 12.4 Å². The topological polar surface area (TPSA) is 72.5 Å². The molecule has 0 fully saturated rings. The van der Waals surface area contributed by atoms with Gasteiger partial charge in [-0.25, -0.2) is 4.39 Å². The third-order valence-corrected chi connectivity index (χ3v) is 4.46. The standard InChI is InChI=1S/C22H24FNO4/c1-3-15(2)18-6-4-5-7-19(18)24-21(26)14-28-22(27)13-12-20(25)16-8-10-17(23)11-9-16/h4-11,15H,3,12-14H2,1-2H3,(H,24,26)/t15-/m0/s1. The van der Waals surface area contributed by atoms with Gasteiger partial charge in [0.2, 0.25) is 0 Å². The number of amides is 1. The Bertz CT molecular complexity index is 833. The van der Waals surface area contributed by atoms with Crippen LogP contribution in [-0.4, -0.2) is 24.3 Å². The van der Waals surface area contributed by atoms with Crippen LogP contribution in [0.25, 0.3) is 0 Å². The molecule has 28 heavy (non-hydrogen) atoms. The van der Waals surface area contributed by atoms with E-state index in [9.17, 15) is 18.8 Å². The molecule has 0 radical (unpaired) electrons. The zero-order valence-corrected chi connectivity index (χ0v) is 16.0. The summed E-state index contributed by atoms with van der Waals surface area (Å²) in [6, 6.07) is 12.6. The Kier molecular flexibility index (Phi) is 7.87. The van der Waals surface area contributed by atoms with Gasteiger partial charge in [0.25, 0.3) is 5.91 Å². The van der Waals surface area contributed by atoms with Gasteiger partial charge >= 0.3 is 5.97 Å². The van der Waals surface area contributed by atoms with Crippen LogP contribution >= 0.6 is 0 Å². The Morgan fingerprint density at radius 3 is 2.39 bits per heavy atom. The van der Waals surface area contributed by atoms with Gasteiger partial charge in [-0.1, -0.05) is 32.0 Å². The minimum absolute atomic E-state index is 0.0665. The summed E-state index contributed by atoms with van der Waals surface area (Å²) in [7, 11) is 0. The predicted molar refractivity (Wildman–Crippen MR) is 105 cm³/mol. The number of hydrogen-bond acceptors (Lipinski definition) is 4. The molecular weight excluding hydrogens is 361 g/mol. The van der Waals surface area contributed by atoms with Gasteiger partial charge in [0.05, 0.1) is 6.42 Å². The van der Waals surface area contributed by atoms with E-state index in [4.69, 9.17) is 4.74 Å². The lowest BCUT2D eigenvalue weighted by molar-refractivity contribution is -0.147. The minimum Gasteiger partial charge on any atom is -0.456 e. The van der Waals surface area contributed by atoms with E-state index in [0.717, 1.165) is 12.0 Å². The number of anilines is 1. The summed E-state index contributed by atoms with van der Waals surface area (Å²) in [5, 5.41) is 2.76. The molecule has 2 aromatic carbocycles. The van der Waals surface area contributed by atoms with Crippen molar-refractivity contribution in [3.05, 3.63) is 65.5 Å². The van der Waals surface area contributed by atoms with Gasteiger partial charge in [0, 0.05) is 17.7 Å². The maximum Gasteiger partial charge on any atom is 0.306 e. The lowest BCUT2D eigenvalue weighted by Crippen LogP contribution is -2.22. The van der Waals surface area contributed by atoms with Crippen molar-refractivity contribution in [2.75, 3.05) is 11.9 Å². The van der Waals surface area contributed by atoms with Crippen molar-refractivity contribution < 1.29 is 23.5 Å². The van der Waals surface area contributed by atoms with Crippen molar-refractivity contribution in [1.82, 2.24) is 0 Å². The number of halogens is 1. The van der Waals surface area contributed by atoms with E-state index in [1.807, 2.05) is 24.3 Å². The average molecular weight is 385 g/mol. The number of esters is 1. The van der Waals surface area contributed by atoms with E-state index in [0.29, 0.717) is 11.3 Å². The van der Waals surface area contributed by atoms with Gasteiger partial charge in [-0.2, -0.15) is 0 Å². The predicted octanol–water partition coefficient (Wildman–Crippen LogP) is 4.48. The highest BCUT2D eigenvalue weighted by Gasteiger charge is 2.14. The SMILES string of the molecule is CC[C@H](C)c1ccccc1NC(=O)COC(=O)CCC(=O)c1ccc(F)cc1. The van der Waals surface area contributed by atoms with Crippen LogP contribution in [0, 0.1) is 5.82 Å². The fraction of sp³-hybridized carbons (Fsp3) is 0.318. The van der Waals surface area contributed by atoms with Gasteiger partial charge in [-0.15, -0.1) is 0 Å². The smallest absolute Gasteiger partial charge is 0.306 e. The second kappa shape index (κ2) is 10.3. The van der Waals surface area contributed by atoms with Gasteiger partial charge in [-0.3, -0.25) is 14.4 Å². The van der Waals surface area contributed by atoms with Crippen LogP contribution < -0.4 is 5.32 Å².